The summed E-state index contributed by atoms with van der Waals surface area (Å²) in [6, 6.07) is 12.6. The summed E-state index contributed by atoms with van der Waals surface area (Å²) in [5, 5.41) is 0. The van der Waals surface area contributed by atoms with Gasteiger partial charge in [-0.3, -0.25) is 9.78 Å². The average Bonchev–Trinajstić information content (AvgIpc) is 3.28. The number of aromatic nitrogens is 1. The van der Waals surface area contributed by atoms with Gasteiger partial charge in [-0.05, 0) is 32.4 Å². The maximum absolute atomic E-state index is 14.9. The van der Waals surface area contributed by atoms with Crippen LogP contribution in [0.5, 0.6) is 11.5 Å². The molecule has 0 bridgehead atoms. The first-order chi connectivity index (χ1) is 21.8. The molecule has 2 aromatic carbocycles. The number of rotatable bonds is 10. The number of alkyl halides is 3. The topological polar surface area (TPSA) is 60.9 Å². The molecule has 1 fully saturated rings. The number of hydrogen-bond donors (Lipinski definition) is 0. The Hall–Kier alpha value is -3.48. The molecule has 3 aromatic rings. The summed E-state index contributed by atoms with van der Waals surface area (Å²) in [4.78, 5) is 19.6. The maximum atomic E-state index is 14.9. The largest absolute Gasteiger partial charge is 1.00 e. The van der Waals surface area contributed by atoms with Gasteiger partial charge >= 0.3 is 6.18 Å². The minimum absolute atomic E-state index is 0. The summed E-state index contributed by atoms with van der Waals surface area (Å²) in [6.45, 7) is 6.08. The second-order valence-corrected chi connectivity index (χ2v) is 13.3. The van der Waals surface area contributed by atoms with Gasteiger partial charge in [0.15, 0.2) is 23.2 Å². The third-order valence-corrected chi connectivity index (χ3v) is 9.44. The van der Waals surface area contributed by atoms with E-state index in [4.69, 9.17) is 19.2 Å². The van der Waals surface area contributed by atoms with Crippen LogP contribution in [0.3, 0.4) is 0 Å². The highest BCUT2D eigenvalue weighted by molar-refractivity contribution is 5.80. The number of aryl methyl sites for hydroxylation is 1. The van der Waals surface area contributed by atoms with E-state index >= 15 is 0 Å². The Morgan fingerprint density at radius 3 is 2.31 bits per heavy atom. The lowest BCUT2D eigenvalue weighted by atomic mass is 9.76. The number of benzene rings is 2. The Labute approximate surface area is 285 Å². The minimum Gasteiger partial charge on any atom is -1.00 e. The molecule has 1 aliphatic rings. The summed E-state index contributed by atoms with van der Waals surface area (Å²) in [5.41, 5.74) is -0.702. The number of ether oxygens (including phenoxy) is 3. The van der Waals surface area contributed by atoms with E-state index in [2.05, 4.69) is 0 Å². The Bertz CT molecular complexity index is 1600. The van der Waals surface area contributed by atoms with Crippen molar-refractivity contribution in [2.24, 2.45) is 5.92 Å². The first kappa shape index (κ1) is 39.0. The molecule has 7 nitrogen and oxygen atoms in total. The fraction of sp³-hybridized carbons (Fsp3) is 0.486. The predicted molar refractivity (Wildman–Crippen MR) is 167 cm³/mol. The van der Waals surface area contributed by atoms with Crippen LogP contribution < -0.4 is 21.9 Å². The zero-order valence-electron chi connectivity index (χ0n) is 28.6. The summed E-state index contributed by atoms with van der Waals surface area (Å²) < 4.78 is 90.8. The lowest BCUT2D eigenvalue weighted by Gasteiger charge is -2.33. The smallest absolute Gasteiger partial charge is 0.417 e. The van der Waals surface area contributed by atoms with Crippen LogP contribution in [0.1, 0.15) is 60.9 Å². The predicted octanol–water partition coefficient (Wildman–Crippen LogP) is 4.13. The SMILES string of the molecule is COc1c([C@H]2[C@H](c3cc(OCc4ccccc4)c(CN(C)C(=O)[C@H](C)[N+](C)(C)C)c(C)n3)O[C@@](C)(C(F)(F)F)[C@H]2C)ccc(F)c1F.[Cl-]. The van der Waals surface area contributed by atoms with Gasteiger partial charge in [-0.25, -0.2) is 4.39 Å². The van der Waals surface area contributed by atoms with E-state index in [1.54, 1.807) is 18.9 Å². The number of amides is 1. The van der Waals surface area contributed by atoms with E-state index in [-0.39, 0.29) is 48.8 Å². The van der Waals surface area contributed by atoms with E-state index in [1.165, 1.54) is 19.1 Å². The van der Waals surface area contributed by atoms with Crippen LogP contribution in [0.15, 0.2) is 48.5 Å². The van der Waals surface area contributed by atoms with Crippen LogP contribution in [0.4, 0.5) is 22.0 Å². The molecule has 5 atom stereocenters. The van der Waals surface area contributed by atoms with Crippen molar-refractivity contribution in [2.45, 2.75) is 70.7 Å². The van der Waals surface area contributed by atoms with E-state index in [1.807, 2.05) is 58.4 Å². The normalized spacial score (nSPS) is 21.8. The van der Waals surface area contributed by atoms with Gasteiger partial charge in [0.05, 0.1) is 40.5 Å². The van der Waals surface area contributed by atoms with Gasteiger partial charge in [0, 0.05) is 41.8 Å². The van der Waals surface area contributed by atoms with Crippen LogP contribution in [0.25, 0.3) is 0 Å². The fourth-order valence-electron chi connectivity index (χ4n) is 5.93. The molecule has 0 aliphatic carbocycles. The fourth-order valence-corrected chi connectivity index (χ4v) is 5.93. The number of methoxy groups -OCH3 is 1. The van der Waals surface area contributed by atoms with Crippen molar-refractivity contribution in [3.63, 3.8) is 0 Å². The molecule has 1 saturated heterocycles. The molecule has 0 N–H and O–H groups in total. The van der Waals surface area contributed by atoms with Gasteiger partial charge in [-0.15, -0.1) is 0 Å². The van der Waals surface area contributed by atoms with Crippen molar-refractivity contribution in [3.8, 4) is 11.5 Å². The number of likely N-dealkylation sites (N-methyl/N-ethyl adjacent to an activating group) is 2. The highest BCUT2D eigenvalue weighted by Gasteiger charge is 2.65. The number of carbonyl (C=O) groups excluding carboxylic acids is 1. The van der Waals surface area contributed by atoms with E-state index < -0.39 is 47.1 Å². The zero-order valence-corrected chi connectivity index (χ0v) is 29.3. The first-order valence-corrected chi connectivity index (χ1v) is 15.3. The quantitative estimate of drug-likeness (QED) is 0.236. The number of halogens is 6. The van der Waals surface area contributed by atoms with Crippen molar-refractivity contribution in [2.75, 3.05) is 35.3 Å². The molecular formula is C35H43ClF5N3O4. The van der Waals surface area contributed by atoms with Gasteiger partial charge in [-0.1, -0.05) is 43.3 Å². The zero-order chi connectivity index (χ0) is 35.1. The van der Waals surface area contributed by atoms with Gasteiger partial charge in [-0.2, -0.15) is 17.6 Å². The summed E-state index contributed by atoms with van der Waals surface area (Å²) >= 11 is 0. The van der Waals surface area contributed by atoms with Crippen LogP contribution >= 0.6 is 0 Å². The molecule has 0 radical (unpaired) electrons. The first-order valence-electron chi connectivity index (χ1n) is 15.3. The van der Waals surface area contributed by atoms with E-state index in [9.17, 15) is 26.7 Å². The van der Waals surface area contributed by atoms with Crippen LogP contribution in [0.2, 0.25) is 0 Å². The Kier molecular flexibility index (Phi) is 11.8. The summed E-state index contributed by atoms with van der Waals surface area (Å²) in [5.74, 6) is -5.21. The average molecular weight is 700 g/mol. The van der Waals surface area contributed by atoms with Crippen LogP contribution in [-0.4, -0.2) is 73.4 Å². The molecule has 4 rings (SSSR count). The van der Waals surface area contributed by atoms with Crippen molar-refractivity contribution in [3.05, 3.63) is 88.2 Å². The molecule has 264 valence electrons. The summed E-state index contributed by atoms with van der Waals surface area (Å²) in [7, 11) is 8.56. The lowest BCUT2D eigenvalue weighted by Crippen LogP contribution is -3.00. The number of nitrogens with zero attached hydrogens (tertiary/aromatic N) is 3. The Morgan fingerprint density at radius 1 is 1.12 bits per heavy atom. The van der Waals surface area contributed by atoms with Gasteiger partial charge in [0.2, 0.25) is 5.82 Å². The van der Waals surface area contributed by atoms with E-state index in [0.717, 1.165) is 25.7 Å². The molecule has 13 heteroatoms. The molecule has 1 aliphatic heterocycles. The molecule has 48 heavy (non-hydrogen) atoms. The second kappa shape index (κ2) is 14.6. The van der Waals surface area contributed by atoms with Crippen molar-refractivity contribution in [1.29, 1.82) is 0 Å². The van der Waals surface area contributed by atoms with Crippen LogP contribution in [0, 0.1) is 24.5 Å². The van der Waals surface area contributed by atoms with Crippen LogP contribution in [-0.2, 0) is 22.7 Å². The van der Waals surface area contributed by atoms with Crippen molar-refractivity contribution in [1.82, 2.24) is 9.88 Å². The molecule has 0 spiro atoms. The number of quaternary nitrogens is 1. The molecule has 1 amide bonds. The van der Waals surface area contributed by atoms with Gasteiger partial charge in [0.25, 0.3) is 5.91 Å². The highest BCUT2D eigenvalue weighted by atomic mass is 35.5. The third kappa shape index (κ3) is 7.55. The second-order valence-electron chi connectivity index (χ2n) is 13.3. The molecular weight excluding hydrogens is 657 g/mol. The van der Waals surface area contributed by atoms with Gasteiger partial charge in [0.1, 0.15) is 18.5 Å². The van der Waals surface area contributed by atoms with E-state index in [0.29, 0.717) is 21.5 Å². The number of carbonyl (C=O) groups is 1. The third-order valence-electron chi connectivity index (χ3n) is 9.44. The Morgan fingerprint density at radius 2 is 1.75 bits per heavy atom. The maximum Gasteiger partial charge on any atom is 0.417 e. The van der Waals surface area contributed by atoms with Crippen molar-refractivity contribution >= 4 is 5.91 Å². The minimum atomic E-state index is -4.81. The standard InChI is InChI=1S/C35H43F5N3O4.ClH/c1-20-29(24-15-16-26(36)30(37)31(24)45-9)32(47-34(20,4)35(38,39)40)27-17-28(46-19-23-13-11-10-12-14-23)25(21(2)41-27)18-42(5)33(44)22(3)43(6,7)8;/h10-17,20,22,29,32H,18-19H2,1-9H3;1H/q+1;/p-1/t20-,22-,29-,32-,34+;/m0./s1. The molecule has 2 heterocycles. The summed E-state index contributed by atoms with van der Waals surface area (Å²) in [6.07, 6.45) is -6.15. The highest BCUT2D eigenvalue weighted by Crippen LogP contribution is 2.59. The molecule has 0 saturated carbocycles. The van der Waals surface area contributed by atoms with Crippen molar-refractivity contribution < 1.29 is 57.8 Å². The van der Waals surface area contributed by atoms with Gasteiger partial charge < -0.3 is 36.0 Å². The number of hydrogen-bond acceptors (Lipinski definition) is 5. The lowest BCUT2D eigenvalue weighted by molar-refractivity contribution is -0.884. The number of pyridine rings is 1. The molecule has 0 unspecified atom stereocenters. The molecule has 1 aromatic heterocycles. The Balaban J connectivity index is 0.00000625. The monoisotopic (exact) mass is 699 g/mol.